The summed E-state index contributed by atoms with van der Waals surface area (Å²) in [5, 5.41) is 9.99. The first-order chi connectivity index (χ1) is 14.9. The Kier molecular flexibility index (Phi) is 5.52. The lowest BCUT2D eigenvalue weighted by Crippen LogP contribution is -2.15. The molecule has 0 unspecified atom stereocenters. The van der Waals surface area contributed by atoms with Crippen molar-refractivity contribution in [1.82, 2.24) is 24.6 Å². The standard InChI is InChI=1S/C21H19F2N7O/c1-3-19(31)29-21-27-17(15-11-25-30-8-4-7-24-20(15)30)10-18(28-21)26-12(2)14-6-5-13(22)9-16(14)23/h4-12H,3H2,1-2H3,(H2,26,27,28,29,31)/t12-/m0/s1. The van der Waals surface area contributed by atoms with Gasteiger partial charge >= 0.3 is 0 Å². The van der Waals surface area contributed by atoms with Crippen LogP contribution in [0.5, 0.6) is 0 Å². The molecule has 1 amide bonds. The molecule has 2 N–H and O–H groups in total. The number of hydrogen-bond acceptors (Lipinski definition) is 6. The van der Waals surface area contributed by atoms with E-state index in [1.54, 1.807) is 49.1 Å². The Morgan fingerprint density at radius 3 is 2.84 bits per heavy atom. The SMILES string of the molecule is CCC(=O)Nc1nc(N[C@@H](C)c2ccc(F)cc2F)cc(-c2cnn3cccnc23)n1. The van der Waals surface area contributed by atoms with E-state index in [4.69, 9.17) is 0 Å². The Balaban J connectivity index is 1.73. The van der Waals surface area contributed by atoms with Gasteiger partial charge in [0.2, 0.25) is 11.9 Å². The average molecular weight is 423 g/mol. The summed E-state index contributed by atoms with van der Waals surface area (Å²) < 4.78 is 29.0. The molecule has 31 heavy (non-hydrogen) atoms. The summed E-state index contributed by atoms with van der Waals surface area (Å²) in [5.41, 5.74) is 1.97. The van der Waals surface area contributed by atoms with Crippen LogP contribution in [0.2, 0.25) is 0 Å². The number of carbonyl (C=O) groups is 1. The van der Waals surface area contributed by atoms with Gasteiger partial charge in [-0.2, -0.15) is 10.1 Å². The molecule has 4 rings (SSSR count). The third-order valence-corrected chi connectivity index (χ3v) is 4.65. The van der Waals surface area contributed by atoms with E-state index in [1.165, 1.54) is 12.1 Å². The number of aromatic nitrogens is 5. The van der Waals surface area contributed by atoms with Crippen molar-refractivity contribution in [3.8, 4) is 11.3 Å². The highest BCUT2D eigenvalue weighted by molar-refractivity contribution is 5.89. The molecule has 158 valence electrons. The van der Waals surface area contributed by atoms with E-state index in [0.717, 1.165) is 6.07 Å². The van der Waals surface area contributed by atoms with Gasteiger partial charge in [0.1, 0.15) is 17.5 Å². The van der Waals surface area contributed by atoms with Gasteiger partial charge in [-0.3, -0.25) is 10.1 Å². The van der Waals surface area contributed by atoms with Gasteiger partial charge in [0.05, 0.1) is 23.5 Å². The van der Waals surface area contributed by atoms with Crippen molar-refractivity contribution in [2.24, 2.45) is 0 Å². The average Bonchev–Trinajstić information content (AvgIpc) is 3.17. The zero-order chi connectivity index (χ0) is 22.0. The van der Waals surface area contributed by atoms with Crippen LogP contribution < -0.4 is 10.6 Å². The van der Waals surface area contributed by atoms with E-state index < -0.39 is 17.7 Å². The topological polar surface area (TPSA) is 97.1 Å². The monoisotopic (exact) mass is 423 g/mol. The van der Waals surface area contributed by atoms with E-state index in [2.05, 4.69) is 30.7 Å². The molecular weight excluding hydrogens is 404 g/mol. The van der Waals surface area contributed by atoms with Crippen molar-refractivity contribution in [2.45, 2.75) is 26.3 Å². The molecule has 0 fully saturated rings. The Morgan fingerprint density at radius 1 is 1.23 bits per heavy atom. The number of hydrogen-bond donors (Lipinski definition) is 2. The number of benzene rings is 1. The van der Waals surface area contributed by atoms with E-state index in [-0.39, 0.29) is 23.8 Å². The first-order valence-corrected chi connectivity index (χ1v) is 9.63. The van der Waals surface area contributed by atoms with E-state index in [0.29, 0.717) is 22.7 Å². The number of carbonyl (C=O) groups excluding carboxylic acids is 1. The molecule has 0 spiro atoms. The maximum absolute atomic E-state index is 14.2. The molecule has 0 saturated carbocycles. The number of rotatable bonds is 6. The molecule has 4 aromatic rings. The summed E-state index contributed by atoms with van der Waals surface area (Å²) in [4.78, 5) is 25.0. The molecule has 0 aliphatic heterocycles. The molecular formula is C21H19F2N7O. The van der Waals surface area contributed by atoms with E-state index >= 15 is 0 Å². The highest BCUT2D eigenvalue weighted by atomic mass is 19.1. The second kappa shape index (κ2) is 8.42. The van der Waals surface area contributed by atoms with Gasteiger partial charge in [-0.25, -0.2) is 23.3 Å². The first-order valence-electron chi connectivity index (χ1n) is 9.63. The predicted molar refractivity (Wildman–Crippen MR) is 111 cm³/mol. The number of halogens is 2. The third kappa shape index (κ3) is 4.32. The minimum Gasteiger partial charge on any atom is -0.363 e. The molecule has 1 atom stereocenters. The summed E-state index contributed by atoms with van der Waals surface area (Å²) >= 11 is 0. The van der Waals surface area contributed by atoms with E-state index in [1.807, 2.05) is 0 Å². The Bertz CT molecular complexity index is 1260. The minimum absolute atomic E-state index is 0.0916. The number of nitrogens with one attached hydrogen (secondary N) is 2. The van der Waals surface area contributed by atoms with Gasteiger partial charge in [-0.1, -0.05) is 13.0 Å². The van der Waals surface area contributed by atoms with Crippen LogP contribution in [-0.2, 0) is 4.79 Å². The van der Waals surface area contributed by atoms with Crippen molar-refractivity contribution in [1.29, 1.82) is 0 Å². The van der Waals surface area contributed by atoms with Crippen molar-refractivity contribution >= 4 is 23.3 Å². The first kappa shape index (κ1) is 20.3. The molecule has 8 nitrogen and oxygen atoms in total. The van der Waals surface area contributed by atoms with Gasteiger partial charge in [0.15, 0.2) is 5.65 Å². The van der Waals surface area contributed by atoms with Gasteiger partial charge in [-0.05, 0) is 19.1 Å². The Morgan fingerprint density at radius 2 is 2.06 bits per heavy atom. The molecule has 3 aromatic heterocycles. The lowest BCUT2D eigenvalue weighted by atomic mass is 10.1. The molecule has 10 heteroatoms. The summed E-state index contributed by atoms with van der Waals surface area (Å²) in [6.45, 7) is 3.44. The lowest BCUT2D eigenvalue weighted by Gasteiger charge is -2.17. The van der Waals surface area contributed by atoms with Crippen LogP contribution in [0.25, 0.3) is 16.9 Å². The maximum Gasteiger partial charge on any atom is 0.231 e. The van der Waals surface area contributed by atoms with Gasteiger partial charge in [0.25, 0.3) is 0 Å². The second-order valence-corrected chi connectivity index (χ2v) is 6.84. The zero-order valence-corrected chi connectivity index (χ0v) is 16.8. The lowest BCUT2D eigenvalue weighted by molar-refractivity contribution is -0.115. The fourth-order valence-electron chi connectivity index (χ4n) is 3.09. The highest BCUT2D eigenvalue weighted by Crippen LogP contribution is 2.27. The quantitative estimate of drug-likeness (QED) is 0.487. The molecule has 0 radical (unpaired) electrons. The number of nitrogens with zero attached hydrogens (tertiary/aromatic N) is 5. The second-order valence-electron chi connectivity index (χ2n) is 6.84. The smallest absolute Gasteiger partial charge is 0.231 e. The van der Waals surface area contributed by atoms with Crippen LogP contribution in [0.4, 0.5) is 20.5 Å². The Labute approximate surface area is 176 Å². The van der Waals surface area contributed by atoms with Crippen LogP contribution in [0, 0.1) is 11.6 Å². The minimum atomic E-state index is -0.666. The normalized spacial score (nSPS) is 12.0. The van der Waals surface area contributed by atoms with Crippen LogP contribution in [0.3, 0.4) is 0 Å². The van der Waals surface area contributed by atoms with Crippen molar-refractivity contribution in [2.75, 3.05) is 10.6 Å². The number of fused-ring (bicyclic) bond motifs is 1. The fourth-order valence-corrected chi connectivity index (χ4v) is 3.09. The summed E-state index contributed by atoms with van der Waals surface area (Å²) in [7, 11) is 0. The third-order valence-electron chi connectivity index (χ3n) is 4.65. The molecule has 0 aliphatic carbocycles. The largest absolute Gasteiger partial charge is 0.363 e. The number of amides is 1. The molecule has 1 aromatic carbocycles. The number of anilines is 2. The van der Waals surface area contributed by atoms with E-state index in [9.17, 15) is 13.6 Å². The van der Waals surface area contributed by atoms with Crippen molar-refractivity contribution in [3.05, 3.63) is 66.1 Å². The van der Waals surface area contributed by atoms with Crippen LogP contribution >= 0.6 is 0 Å². The fraction of sp³-hybridized carbons (Fsp3) is 0.190. The summed E-state index contributed by atoms with van der Waals surface area (Å²) in [5.74, 6) is -1.13. The van der Waals surface area contributed by atoms with Gasteiger partial charge < -0.3 is 5.32 Å². The van der Waals surface area contributed by atoms with Gasteiger partial charge in [0, 0.05) is 36.5 Å². The van der Waals surface area contributed by atoms with Gasteiger partial charge in [-0.15, -0.1) is 0 Å². The predicted octanol–water partition coefficient (Wildman–Crippen LogP) is 3.99. The van der Waals surface area contributed by atoms with Crippen LogP contribution in [0.1, 0.15) is 31.9 Å². The maximum atomic E-state index is 14.2. The zero-order valence-electron chi connectivity index (χ0n) is 16.8. The molecule has 3 heterocycles. The Hall–Kier alpha value is -3.95. The molecule has 0 bridgehead atoms. The highest BCUT2D eigenvalue weighted by Gasteiger charge is 2.17. The summed E-state index contributed by atoms with van der Waals surface area (Å²) in [6, 6.07) is 6.28. The van der Waals surface area contributed by atoms with Crippen LogP contribution in [-0.4, -0.2) is 30.5 Å². The summed E-state index contributed by atoms with van der Waals surface area (Å²) in [6.07, 6.45) is 5.26. The molecule has 0 saturated heterocycles. The molecule has 0 aliphatic rings. The van der Waals surface area contributed by atoms with Crippen molar-refractivity contribution in [3.63, 3.8) is 0 Å². The van der Waals surface area contributed by atoms with Crippen LogP contribution in [0.15, 0.2) is 48.9 Å². The van der Waals surface area contributed by atoms with Crippen molar-refractivity contribution < 1.29 is 13.6 Å².